The summed E-state index contributed by atoms with van der Waals surface area (Å²) in [4.78, 5) is 28.8. The number of fused-ring (bicyclic) bond motifs is 3. The lowest BCUT2D eigenvalue weighted by molar-refractivity contribution is 0.0602. The van der Waals surface area contributed by atoms with Gasteiger partial charge in [-0.2, -0.15) is 0 Å². The largest absolute Gasteiger partial charge is 0.465 e. The Morgan fingerprint density at radius 3 is 2.73 bits per heavy atom. The Hall–Kier alpha value is -3.55. The smallest absolute Gasteiger partial charge is 0.339 e. The molecule has 0 radical (unpaired) electrons. The van der Waals surface area contributed by atoms with Gasteiger partial charge in [-0.3, -0.25) is 0 Å². The highest BCUT2D eigenvalue weighted by molar-refractivity contribution is 7.10. The topological polar surface area (TPSA) is 63.6 Å². The van der Waals surface area contributed by atoms with E-state index >= 15 is 0 Å². The molecule has 0 bridgehead atoms. The van der Waals surface area contributed by atoms with E-state index in [0.717, 1.165) is 21.8 Å². The summed E-state index contributed by atoms with van der Waals surface area (Å²) in [5, 5.41) is 5.32. The van der Waals surface area contributed by atoms with E-state index < -0.39 is 5.97 Å². The van der Waals surface area contributed by atoms with Crippen LogP contribution in [0.25, 0.3) is 5.69 Å². The number of aromatic nitrogens is 1. The van der Waals surface area contributed by atoms with Crippen LogP contribution in [0.1, 0.15) is 32.5 Å². The van der Waals surface area contributed by atoms with E-state index in [0.29, 0.717) is 17.3 Å². The van der Waals surface area contributed by atoms with Crippen molar-refractivity contribution in [1.82, 2.24) is 9.47 Å². The molecule has 166 valence electrons. The number of anilines is 1. The molecular formula is C25H20ClN3O3S. The van der Waals surface area contributed by atoms with Gasteiger partial charge in [0.25, 0.3) is 0 Å². The number of urea groups is 1. The number of benzene rings is 2. The van der Waals surface area contributed by atoms with Crippen molar-refractivity contribution in [1.29, 1.82) is 0 Å². The van der Waals surface area contributed by atoms with Gasteiger partial charge in [-0.15, -0.1) is 11.3 Å². The number of methoxy groups -OCH3 is 1. The van der Waals surface area contributed by atoms with Crippen molar-refractivity contribution in [3.63, 3.8) is 0 Å². The van der Waals surface area contributed by atoms with Crippen molar-refractivity contribution in [2.75, 3.05) is 12.4 Å². The van der Waals surface area contributed by atoms with Crippen LogP contribution in [0.2, 0.25) is 5.02 Å². The van der Waals surface area contributed by atoms with Gasteiger partial charge in [0, 0.05) is 16.1 Å². The number of hydrogen-bond acceptors (Lipinski definition) is 4. The number of nitrogens with one attached hydrogen (secondary N) is 1. The molecule has 0 unspecified atom stereocenters. The second-order valence-corrected chi connectivity index (χ2v) is 9.00. The predicted molar refractivity (Wildman–Crippen MR) is 129 cm³/mol. The van der Waals surface area contributed by atoms with Gasteiger partial charge in [-0.1, -0.05) is 35.9 Å². The van der Waals surface area contributed by atoms with Crippen LogP contribution in [-0.2, 0) is 11.3 Å². The number of nitrogens with zero attached hydrogens (tertiary/aromatic N) is 2. The molecule has 0 fully saturated rings. The van der Waals surface area contributed by atoms with Gasteiger partial charge in [-0.05, 0) is 53.4 Å². The third-order valence-electron chi connectivity index (χ3n) is 5.67. The molecule has 1 aliphatic rings. The lowest BCUT2D eigenvalue weighted by Crippen LogP contribution is -2.38. The molecule has 1 aliphatic heterocycles. The van der Waals surface area contributed by atoms with Gasteiger partial charge in [0.1, 0.15) is 6.04 Å². The summed E-state index contributed by atoms with van der Waals surface area (Å²) in [7, 11) is 1.30. The molecule has 8 heteroatoms. The Balaban J connectivity index is 1.60. The summed E-state index contributed by atoms with van der Waals surface area (Å²) in [5.74, 6) is -0.549. The second kappa shape index (κ2) is 8.77. The van der Waals surface area contributed by atoms with Gasteiger partial charge >= 0.3 is 12.0 Å². The molecule has 0 saturated carbocycles. The summed E-state index contributed by atoms with van der Waals surface area (Å²) < 4.78 is 7.01. The first-order valence-electron chi connectivity index (χ1n) is 10.3. The zero-order valence-electron chi connectivity index (χ0n) is 17.7. The second-order valence-electron chi connectivity index (χ2n) is 7.59. The van der Waals surface area contributed by atoms with Gasteiger partial charge in [-0.25, -0.2) is 9.59 Å². The molecule has 0 spiro atoms. The van der Waals surface area contributed by atoms with Crippen molar-refractivity contribution >= 4 is 40.6 Å². The number of halogens is 1. The van der Waals surface area contributed by atoms with Crippen LogP contribution in [0.5, 0.6) is 0 Å². The summed E-state index contributed by atoms with van der Waals surface area (Å²) in [5.41, 5.74) is 3.58. The van der Waals surface area contributed by atoms with E-state index in [-0.39, 0.29) is 17.6 Å². The molecule has 5 rings (SSSR count). The molecule has 0 saturated heterocycles. The number of carbonyl (C=O) groups excluding carboxylic acids is 2. The lowest BCUT2D eigenvalue weighted by Gasteiger charge is -2.30. The SMILES string of the molecule is COC(=O)c1ccc(Cl)cc1NC(=O)N1Cc2ccccc2-n2cccc2[C@@H]1c1cccs1. The summed E-state index contributed by atoms with van der Waals surface area (Å²) >= 11 is 7.77. The minimum Gasteiger partial charge on any atom is -0.465 e. The number of thiophene rings is 1. The highest BCUT2D eigenvalue weighted by Gasteiger charge is 2.34. The molecule has 2 aromatic heterocycles. The lowest BCUT2D eigenvalue weighted by atomic mass is 10.1. The molecule has 4 aromatic rings. The van der Waals surface area contributed by atoms with E-state index in [1.807, 2.05) is 54.0 Å². The molecule has 3 heterocycles. The third kappa shape index (κ3) is 3.90. The first-order chi connectivity index (χ1) is 16.1. The summed E-state index contributed by atoms with van der Waals surface area (Å²) in [6.07, 6.45) is 2.02. The van der Waals surface area contributed by atoms with Gasteiger partial charge < -0.3 is 19.5 Å². The van der Waals surface area contributed by atoms with Crippen LogP contribution < -0.4 is 5.32 Å². The average molecular weight is 478 g/mol. The maximum absolute atomic E-state index is 13.8. The number of ether oxygens (including phenoxy) is 1. The quantitative estimate of drug-likeness (QED) is 0.362. The number of hydrogen-bond donors (Lipinski definition) is 1. The molecule has 1 N–H and O–H groups in total. The molecule has 2 amide bonds. The molecule has 33 heavy (non-hydrogen) atoms. The zero-order chi connectivity index (χ0) is 22.9. The monoisotopic (exact) mass is 477 g/mol. The standard InChI is InChI=1S/C25H20ClN3O3S/c1-32-24(30)18-11-10-17(26)14-19(18)27-25(31)29-15-16-6-2-3-7-20(16)28-12-4-8-21(28)23(29)22-9-5-13-33-22/h2-14,23H,15H2,1H3,(H,27,31)/t23-/m1/s1. The fraction of sp³-hybridized carbons (Fsp3) is 0.120. The summed E-state index contributed by atoms with van der Waals surface area (Å²) in [6.45, 7) is 0.389. The number of amides is 2. The van der Waals surface area contributed by atoms with E-state index in [1.54, 1.807) is 34.4 Å². The van der Waals surface area contributed by atoms with Crippen LogP contribution in [-0.4, -0.2) is 28.6 Å². The van der Waals surface area contributed by atoms with Crippen LogP contribution in [0.15, 0.2) is 78.3 Å². The molecule has 6 nitrogen and oxygen atoms in total. The Morgan fingerprint density at radius 2 is 1.94 bits per heavy atom. The molecule has 2 aromatic carbocycles. The van der Waals surface area contributed by atoms with Crippen molar-refractivity contribution in [3.8, 4) is 5.69 Å². The van der Waals surface area contributed by atoms with Crippen molar-refractivity contribution in [2.24, 2.45) is 0 Å². The Morgan fingerprint density at radius 1 is 1.09 bits per heavy atom. The van der Waals surface area contributed by atoms with Crippen molar-refractivity contribution in [2.45, 2.75) is 12.6 Å². The van der Waals surface area contributed by atoms with E-state index in [9.17, 15) is 9.59 Å². The van der Waals surface area contributed by atoms with Crippen molar-refractivity contribution in [3.05, 3.63) is 105 Å². The van der Waals surface area contributed by atoms with E-state index in [1.165, 1.54) is 7.11 Å². The highest BCUT2D eigenvalue weighted by Crippen LogP contribution is 2.38. The van der Waals surface area contributed by atoms with Crippen LogP contribution >= 0.6 is 22.9 Å². The highest BCUT2D eigenvalue weighted by atomic mass is 35.5. The molecule has 0 aliphatic carbocycles. The first kappa shape index (κ1) is 21.3. The van der Waals surface area contributed by atoms with E-state index in [4.69, 9.17) is 16.3 Å². The zero-order valence-corrected chi connectivity index (χ0v) is 19.3. The fourth-order valence-corrected chi connectivity index (χ4v) is 5.20. The number of rotatable bonds is 3. The number of para-hydroxylation sites is 1. The number of carbonyl (C=O) groups is 2. The molecule has 1 atom stereocenters. The number of esters is 1. The first-order valence-corrected chi connectivity index (χ1v) is 11.6. The van der Waals surface area contributed by atoms with Gasteiger partial charge in [0.15, 0.2) is 0 Å². The van der Waals surface area contributed by atoms with Crippen LogP contribution in [0.4, 0.5) is 10.5 Å². The average Bonchev–Trinajstić information content (AvgIpc) is 3.50. The fourth-order valence-electron chi connectivity index (χ4n) is 4.18. The maximum atomic E-state index is 13.8. The molecular weight excluding hydrogens is 458 g/mol. The summed E-state index contributed by atoms with van der Waals surface area (Å²) in [6, 6.07) is 20.1. The van der Waals surface area contributed by atoms with E-state index in [2.05, 4.69) is 16.0 Å². The Kier molecular flexibility index (Phi) is 5.66. The minimum atomic E-state index is -0.549. The van der Waals surface area contributed by atoms with Crippen LogP contribution in [0.3, 0.4) is 0 Å². The van der Waals surface area contributed by atoms with Gasteiger partial charge in [0.05, 0.1) is 36.3 Å². The Labute approximate surface area is 200 Å². The Bertz CT molecular complexity index is 1330. The minimum absolute atomic E-state index is 0.238. The predicted octanol–water partition coefficient (Wildman–Crippen LogP) is 6.12. The maximum Gasteiger partial charge on any atom is 0.339 e. The third-order valence-corrected chi connectivity index (χ3v) is 6.83. The van der Waals surface area contributed by atoms with Crippen LogP contribution in [0, 0.1) is 0 Å². The normalized spacial score (nSPS) is 14.7. The van der Waals surface area contributed by atoms with Crippen molar-refractivity contribution < 1.29 is 14.3 Å². The van der Waals surface area contributed by atoms with Gasteiger partial charge in [0.2, 0.25) is 0 Å².